The van der Waals surface area contributed by atoms with Gasteiger partial charge in [0.2, 0.25) is 0 Å². The van der Waals surface area contributed by atoms with Crippen LogP contribution in [0.25, 0.3) is 6.08 Å². The van der Waals surface area contributed by atoms with Gasteiger partial charge in [-0.25, -0.2) is 0 Å². The summed E-state index contributed by atoms with van der Waals surface area (Å²) < 4.78 is 0. The van der Waals surface area contributed by atoms with Crippen molar-refractivity contribution in [1.29, 1.82) is 0 Å². The Labute approximate surface area is 125 Å². The van der Waals surface area contributed by atoms with Crippen molar-refractivity contribution < 1.29 is 9.90 Å². The van der Waals surface area contributed by atoms with E-state index in [2.05, 4.69) is 0 Å². The standard InChI is InChI=1S/C19H20O2/c1-2-17(19(21)16-11-7-4-8-12-16)18(20)14-13-15-9-5-3-6-10-15/h3-14,17-18,20H,2H2,1H3/b14-13+/t17-,18+/m1/s1. The lowest BCUT2D eigenvalue weighted by atomic mass is 9.90. The Bertz CT molecular complexity index is 587. The molecule has 0 saturated heterocycles. The zero-order chi connectivity index (χ0) is 15.1. The molecule has 0 aliphatic heterocycles. The first kappa shape index (κ1) is 15.2. The summed E-state index contributed by atoms with van der Waals surface area (Å²) in [5, 5.41) is 10.3. The molecule has 0 bridgehead atoms. The SMILES string of the molecule is CC[C@@H](C(=O)c1ccccc1)[C@@H](O)/C=C/c1ccccc1. The van der Waals surface area contributed by atoms with Crippen LogP contribution >= 0.6 is 0 Å². The summed E-state index contributed by atoms with van der Waals surface area (Å²) in [7, 11) is 0. The minimum atomic E-state index is -0.775. The van der Waals surface area contributed by atoms with Gasteiger partial charge in [-0.1, -0.05) is 79.7 Å². The second-order valence-corrected chi connectivity index (χ2v) is 5.01. The van der Waals surface area contributed by atoms with E-state index in [4.69, 9.17) is 0 Å². The Morgan fingerprint density at radius 1 is 1.05 bits per heavy atom. The summed E-state index contributed by atoms with van der Waals surface area (Å²) in [6.45, 7) is 1.92. The van der Waals surface area contributed by atoms with E-state index in [-0.39, 0.29) is 5.78 Å². The largest absolute Gasteiger partial charge is 0.388 e. The summed E-state index contributed by atoms with van der Waals surface area (Å²) in [5.41, 5.74) is 1.66. The second kappa shape index (κ2) is 7.55. The molecule has 1 N–H and O–H groups in total. The molecular formula is C19H20O2. The maximum atomic E-state index is 12.4. The molecule has 0 radical (unpaired) electrons. The predicted octanol–water partition coefficient (Wildman–Crippen LogP) is 3.97. The second-order valence-electron chi connectivity index (χ2n) is 5.01. The van der Waals surface area contributed by atoms with Crippen LogP contribution < -0.4 is 0 Å². The van der Waals surface area contributed by atoms with Crippen molar-refractivity contribution in [3.05, 3.63) is 77.9 Å². The summed E-state index contributed by atoms with van der Waals surface area (Å²) in [4.78, 5) is 12.4. The maximum absolute atomic E-state index is 12.4. The lowest BCUT2D eigenvalue weighted by Crippen LogP contribution is -2.26. The van der Waals surface area contributed by atoms with Crippen LogP contribution in [-0.4, -0.2) is 17.0 Å². The molecule has 0 spiro atoms. The third-order valence-electron chi connectivity index (χ3n) is 3.53. The topological polar surface area (TPSA) is 37.3 Å². The highest BCUT2D eigenvalue weighted by Crippen LogP contribution is 2.18. The van der Waals surface area contributed by atoms with Gasteiger partial charge >= 0.3 is 0 Å². The zero-order valence-corrected chi connectivity index (χ0v) is 12.1. The third kappa shape index (κ3) is 4.14. The maximum Gasteiger partial charge on any atom is 0.168 e. The van der Waals surface area contributed by atoms with E-state index in [1.54, 1.807) is 18.2 Å². The minimum absolute atomic E-state index is 0.0108. The van der Waals surface area contributed by atoms with Crippen molar-refractivity contribution in [1.82, 2.24) is 0 Å². The number of carbonyl (C=O) groups is 1. The van der Waals surface area contributed by atoms with Crippen LogP contribution in [0, 0.1) is 5.92 Å². The Morgan fingerprint density at radius 2 is 1.62 bits per heavy atom. The smallest absolute Gasteiger partial charge is 0.168 e. The number of carbonyl (C=O) groups excluding carboxylic acids is 1. The van der Waals surface area contributed by atoms with Crippen LogP contribution in [0.3, 0.4) is 0 Å². The third-order valence-corrected chi connectivity index (χ3v) is 3.53. The van der Waals surface area contributed by atoms with Crippen molar-refractivity contribution in [2.24, 2.45) is 5.92 Å². The fourth-order valence-corrected chi connectivity index (χ4v) is 2.31. The predicted molar refractivity (Wildman–Crippen MR) is 86.0 cm³/mol. The Hall–Kier alpha value is -2.19. The molecule has 0 fully saturated rings. The molecule has 0 unspecified atom stereocenters. The minimum Gasteiger partial charge on any atom is -0.388 e. The fourth-order valence-electron chi connectivity index (χ4n) is 2.31. The first-order valence-electron chi connectivity index (χ1n) is 7.23. The summed E-state index contributed by atoms with van der Waals surface area (Å²) in [5.74, 6) is -0.421. The van der Waals surface area contributed by atoms with E-state index >= 15 is 0 Å². The van der Waals surface area contributed by atoms with Crippen molar-refractivity contribution in [2.75, 3.05) is 0 Å². The molecule has 0 heterocycles. The van der Waals surface area contributed by atoms with Crippen molar-refractivity contribution in [3.63, 3.8) is 0 Å². The van der Waals surface area contributed by atoms with E-state index in [1.807, 2.05) is 61.5 Å². The van der Waals surface area contributed by atoms with E-state index < -0.39 is 12.0 Å². The monoisotopic (exact) mass is 280 g/mol. The van der Waals surface area contributed by atoms with Crippen molar-refractivity contribution in [2.45, 2.75) is 19.4 Å². The van der Waals surface area contributed by atoms with Crippen LogP contribution in [0.4, 0.5) is 0 Å². The molecule has 2 heteroatoms. The van der Waals surface area contributed by atoms with E-state index in [0.29, 0.717) is 12.0 Å². The average Bonchev–Trinajstić information content (AvgIpc) is 2.55. The van der Waals surface area contributed by atoms with Gasteiger partial charge in [0.25, 0.3) is 0 Å². The van der Waals surface area contributed by atoms with Crippen LogP contribution in [-0.2, 0) is 0 Å². The molecule has 108 valence electrons. The van der Waals surface area contributed by atoms with Gasteiger partial charge in [0.15, 0.2) is 5.78 Å². The fraction of sp³-hybridized carbons (Fsp3) is 0.211. The molecule has 0 aliphatic carbocycles. The molecule has 2 atom stereocenters. The molecular weight excluding hydrogens is 260 g/mol. The lowest BCUT2D eigenvalue weighted by Gasteiger charge is -2.17. The van der Waals surface area contributed by atoms with Crippen molar-refractivity contribution in [3.8, 4) is 0 Å². The van der Waals surface area contributed by atoms with E-state index in [1.165, 1.54) is 0 Å². The van der Waals surface area contributed by atoms with Gasteiger partial charge in [-0.2, -0.15) is 0 Å². The Kier molecular flexibility index (Phi) is 5.47. The number of Topliss-reactive ketones (excluding diaryl/α,β-unsaturated/α-hetero) is 1. The van der Waals surface area contributed by atoms with Gasteiger partial charge in [0.05, 0.1) is 12.0 Å². The number of benzene rings is 2. The van der Waals surface area contributed by atoms with Gasteiger partial charge < -0.3 is 5.11 Å². The van der Waals surface area contributed by atoms with Gasteiger partial charge in [-0.05, 0) is 12.0 Å². The van der Waals surface area contributed by atoms with Crippen LogP contribution in [0.5, 0.6) is 0 Å². The van der Waals surface area contributed by atoms with Crippen LogP contribution in [0.1, 0.15) is 29.3 Å². The molecule has 2 aromatic rings. The van der Waals surface area contributed by atoms with Gasteiger partial charge in [0, 0.05) is 5.56 Å². The van der Waals surface area contributed by atoms with Crippen LogP contribution in [0.15, 0.2) is 66.7 Å². The van der Waals surface area contributed by atoms with Gasteiger partial charge in [0.1, 0.15) is 0 Å². The van der Waals surface area contributed by atoms with Gasteiger partial charge in [-0.3, -0.25) is 4.79 Å². The Morgan fingerprint density at radius 3 is 2.19 bits per heavy atom. The van der Waals surface area contributed by atoms with Crippen molar-refractivity contribution >= 4 is 11.9 Å². The number of ketones is 1. The number of aliphatic hydroxyl groups excluding tert-OH is 1. The highest BCUT2D eigenvalue weighted by molar-refractivity contribution is 5.98. The highest BCUT2D eigenvalue weighted by atomic mass is 16.3. The number of hydrogen-bond acceptors (Lipinski definition) is 2. The summed E-state index contributed by atoms with van der Waals surface area (Å²) in [6.07, 6.45) is 3.38. The Balaban J connectivity index is 2.10. The zero-order valence-electron chi connectivity index (χ0n) is 12.1. The van der Waals surface area contributed by atoms with E-state index in [0.717, 1.165) is 5.56 Å². The van der Waals surface area contributed by atoms with Crippen LogP contribution in [0.2, 0.25) is 0 Å². The quantitative estimate of drug-likeness (QED) is 0.813. The van der Waals surface area contributed by atoms with E-state index in [9.17, 15) is 9.90 Å². The number of aliphatic hydroxyl groups is 1. The molecule has 21 heavy (non-hydrogen) atoms. The van der Waals surface area contributed by atoms with Gasteiger partial charge in [-0.15, -0.1) is 0 Å². The molecule has 0 aliphatic rings. The molecule has 0 aromatic heterocycles. The first-order valence-corrected chi connectivity index (χ1v) is 7.23. The number of rotatable bonds is 6. The molecule has 2 nitrogen and oxygen atoms in total. The molecule has 0 amide bonds. The normalized spacial score (nSPS) is 14.0. The molecule has 2 rings (SSSR count). The highest BCUT2D eigenvalue weighted by Gasteiger charge is 2.24. The molecule has 2 aromatic carbocycles. The lowest BCUT2D eigenvalue weighted by molar-refractivity contribution is 0.0773. The first-order chi connectivity index (χ1) is 10.2. The molecule has 0 saturated carbocycles. The average molecular weight is 280 g/mol. The summed E-state index contributed by atoms with van der Waals surface area (Å²) in [6, 6.07) is 18.9. The number of hydrogen-bond donors (Lipinski definition) is 1. The summed E-state index contributed by atoms with van der Waals surface area (Å²) >= 11 is 0.